The molecule has 1 N–H and O–H groups in total. The van der Waals surface area contributed by atoms with E-state index in [2.05, 4.69) is 4.98 Å². The average Bonchev–Trinajstić information content (AvgIpc) is 2.17. The summed E-state index contributed by atoms with van der Waals surface area (Å²) in [4.78, 5) is 14.7. The molecule has 0 fully saturated rings. The molecule has 5 heteroatoms. The summed E-state index contributed by atoms with van der Waals surface area (Å²) in [7, 11) is -1.63. The Balaban J connectivity index is 3.03. The quantitative estimate of drug-likeness (QED) is 0.815. The second-order valence-corrected chi connectivity index (χ2v) is 5.23. The van der Waals surface area contributed by atoms with E-state index in [1.54, 1.807) is 18.2 Å². The molecule has 0 bridgehead atoms. The van der Waals surface area contributed by atoms with Gasteiger partial charge in [-0.1, -0.05) is 6.07 Å². The van der Waals surface area contributed by atoms with Crippen molar-refractivity contribution in [2.24, 2.45) is 0 Å². The molecule has 1 rings (SSSR count). The highest BCUT2D eigenvalue weighted by Crippen LogP contribution is 2.19. The lowest BCUT2D eigenvalue weighted by atomic mass is 10.2. The van der Waals surface area contributed by atoms with E-state index in [9.17, 15) is 9.00 Å². The first-order valence-corrected chi connectivity index (χ1v) is 5.17. The Morgan fingerprint density at radius 2 is 2.14 bits per heavy atom. The topological polar surface area (TPSA) is 67.3 Å². The lowest BCUT2D eigenvalue weighted by Crippen LogP contribution is -2.36. The lowest BCUT2D eigenvalue weighted by Gasteiger charge is -2.17. The van der Waals surface area contributed by atoms with Gasteiger partial charge in [0.2, 0.25) is 0 Å². The number of nitrogens with zero attached hydrogens (tertiary/aromatic N) is 1. The van der Waals surface area contributed by atoms with Crippen molar-refractivity contribution in [3.63, 3.8) is 0 Å². The Kier molecular flexibility index (Phi) is 3.00. The van der Waals surface area contributed by atoms with Gasteiger partial charge in [-0.15, -0.1) is 0 Å². The predicted molar refractivity (Wildman–Crippen MR) is 52.4 cm³/mol. The van der Waals surface area contributed by atoms with Crippen LogP contribution in [-0.4, -0.2) is 25.0 Å². The van der Waals surface area contributed by atoms with Crippen molar-refractivity contribution in [1.29, 1.82) is 0 Å². The van der Waals surface area contributed by atoms with Gasteiger partial charge in [-0.05, 0) is 26.0 Å². The van der Waals surface area contributed by atoms with Crippen molar-refractivity contribution in [2.45, 2.75) is 23.6 Å². The maximum atomic E-state index is 11.8. The number of aromatic nitrogens is 1. The molecule has 14 heavy (non-hydrogen) atoms. The van der Waals surface area contributed by atoms with Crippen molar-refractivity contribution in [3.8, 4) is 0 Å². The summed E-state index contributed by atoms with van der Waals surface area (Å²) in [5.41, 5.74) is 0. The first kappa shape index (κ1) is 10.8. The van der Waals surface area contributed by atoms with Crippen LogP contribution in [-0.2, 0) is 15.6 Å². The van der Waals surface area contributed by atoms with Crippen LogP contribution < -0.4 is 0 Å². The molecular formula is C9H11NO3S. The average molecular weight is 213 g/mol. The van der Waals surface area contributed by atoms with Crippen LogP contribution in [0.4, 0.5) is 0 Å². The van der Waals surface area contributed by atoms with Gasteiger partial charge in [0, 0.05) is 6.20 Å². The van der Waals surface area contributed by atoms with Crippen LogP contribution in [0.2, 0.25) is 0 Å². The molecule has 0 amide bonds. The fourth-order valence-corrected chi connectivity index (χ4v) is 1.84. The van der Waals surface area contributed by atoms with Gasteiger partial charge in [-0.2, -0.15) is 0 Å². The number of hydrogen-bond donors (Lipinski definition) is 1. The standard InChI is InChI=1S/C9H11NO3S/c1-9(2,8(11)12)14(13)7-5-3-4-6-10-7/h3-6H,1-2H3,(H,11,12). The van der Waals surface area contributed by atoms with Crippen molar-refractivity contribution in [2.75, 3.05) is 0 Å². The van der Waals surface area contributed by atoms with E-state index in [-0.39, 0.29) is 0 Å². The molecule has 1 aromatic rings. The van der Waals surface area contributed by atoms with Crippen LogP contribution in [0.15, 0.2) is 29.4 Å². The van der Waals surface area contributed by atoms with Gasteiger partial charge in [0.15, 0.2) is 0 Å². The number of carbonyl (C=O) groups is 1. The van der Waals surface area contributed by atoms with Gasteiger partial charge in [-0.3, -0.25) is 9.00 Å². The normalized spacial score (nSPS) is 13.6. The number of aliphatic carboxylic acids is 1. The largest absolute Gasteiger partial charge is 0.480 e. The molecule has 0 saturated heterocycles. The molecule has 1 atom stereocenters. The van der Waals surface area contributed by atoms with E-state index < -0.39 is 21.5 Å². The van der Waals surface area contributed by atoms with Gasteiger partial charge in [0.1, 0.15) is 9.77 Å². The highest BCUT2D eigenvalue weighted by atomic mass is 32.2. The highest BCUT2D eigenvalue weighted by molar-refractivity contribution is 7.87. The van der Waals surface area contributed by atoms with Crippen molar-refractivity contribution >= 4 is 16.8 Å². The zero-order valence-electron chi connectivity index (χ0n) is 7.93. The number of hydrogen-bond acceptors (Lipinski definition) is 3. The van der Waals surface area contributed by atoms with Gasteiger partial charge in [-0.25, -0.2) is 4.98 Å². The molecule has 0 aromatic carbocycles. The zero-order chi connectivity index (χ0) is 10.8. The van der Waals surface area contributed by atoms with E-state index >= 15 is 0 Å². The van der Waals surface area contributed by atoms with Gasteiger partial charge < -0.3 is 5.11 Å². The summed E-state index contributed by atoms with van der Waals surface area (Å²) < 4.78 is 10.5. The number of rotatable bonds is 3. The molecule has 1 heterocycles. The maximum absolute atomic E-state index is 11.8. The molecule has 0 aliphatic heterocycles. The Bertz CT molecular complexity index is 362. The smallest absolute Gasteiger partial charge is 0.322 e. The number of carboxylic acid groups (broad SMARTS) is 1. The van der Waals surface area contributed by atoms with Crippen molar-refractivity contribution < 1.29 is 14.1 Å². The first-order chi connectivity index (χ1) is 6.46. The highest BCUT2D eigenvalue weighted by Gasteiger charge is 2.36. The first-order valence-electron chi connectivity index (χ1n) is 4.02. The monoisotopic (exact) mass is 213 g/mol. The molecule has 0 aliphatic carbocycles. The summed E-state index contributed by atoms with van der Waals surface area (Å²) in [6.45, 7) is 2.83. The summed E-state index contributed by atoms with van der Waals surface area (Å²) in [5, 5.41) is 9.14. The Labute approximate surface area is 84.4 Å². The molecule has 4 nitrogen and oxygen atoms in total. The fourth-order valence-electron chi connectivity index (χ4n) is 0.797. The lowest BCUT2D eigenvalue weighted by molar-refractivity contribution is -0.139. The molecular weight excluding hydrogens is 202 g/mol. The second-order valence-electron chi connectivity index (χ2n) is 3.25. The van der Waals surface area contributed by atoms with Gasteiger partial charge in [0.05, 0.1) is 10.8 Å². The maximum Gasteiger partial charge on any atom is 0.322 e. The van der Waals surface area contributed by atoms with E-state index in [0.29, 0.717) is 5.03 Å². The molecule has 1 aromatic heterocycles. The van der Waals surface area contributed by atoms with Crippen molar-refractivity contribution in [3.05, 3.63) is 24.4 Å². The van der Waals surface area contributed by atoms with Gasteiger partial charge in [0.25, 0.3) is 0 Å². The Morgan fingerprint density at radius 1 is 1.50 bits per heavy atom. The SMILES string of the molecule is CC(C)(C(=O)O)S(=O)c1ccccn1. The van der Waals surface area contributed by atoms with Crippen molar-refractivity contribution in [1.82, 2.24) is 4.98 Å². The van der Waals surface area contributed by atoms with E-state index in [0.717, 1.165) is 0 Å². The summed E-state index contributed by atoms with van der Waals surface area (Å²) in [6.07, 6.45) is 1.49. The zero-order valence-corrected chi connectivity index (χ0v) is 8.75. The molecule has 76 valence electrons. The van der Waals surface area contributed by atoms with Crippen LogP contribution >= 0.6 is 0 Å². The minimum atomic E-state index is -1.63. The summed E-state index contributed by atoms with van der Waals surface area (Å²) >= 11 is 0. The molecule has 0 aliphatic rings. The molecule has 0 radical (unpaired) electrons. The molecule has 0 spiro atoms. The van der Waals surface area contributed by atoms with Crippen LogP contribution in [0, 0.1) is 0 Å². The Morgan fingerprint density at radius 3 is 2.57 bits per heavy atom. The third kappa shape index (κ3) is 1.98. The van der Waals surface area contributed by atoms with E-state index in [4.69, 9.17) is 5.11 Å². The third-order valence-corrected chi connectivity index (χ3v) is 3.53. The fraction of sp³-hybridized carbons (Fsp3) is 0.333. The Hall–Kier alpha value is -1.23. The number of pyridine rings is 1. The molecule has 0 saturated carbocycles. The summed E-state index contributed by atoms with van der Waals surface area (Å²) in [5.74, 6) is -1.10. The van der Waals surface area contributed by atoms with Crippen LogP contribution in [0.1, 0.15) is 13.8 Å². The second kappa shape index (κ2) is 3.88. The van der Waals surface area contributed by atoms with Crippen LogP contribution in [0.25, 0.3) is 0 Å². The number of carboxylic acids is 1. The van der Waals surface area contributed by atoms with Crippen LogP contribution in [0.3, 0.4) is 0 Å². The minimum absolute atomic E-state index is 0.292. The minimum Gasteiger partial charge on any atom is -0.480 e. The van der Waals surface area contributed by atoms with Gasteiger partial charge >= 0.3 is 5.97 Å². The van der Waals surface area contributed by atoms with E-state index in [1.807, 2.05) is 0 Å². The van der Waals surface area contributed by atoms with Crippen LogP contribution in [0.5, 0.6) is 0 Å². The molecule has 1 unspecified atom stereocenters. The third-order valence-electron chi connectivity index (χ3n) is 1.81. The predicted octanol–water partition coefficient (Wildman–Crippen LogP) is 1.05. The summed E-state index contributed by atoms with van der Waals surface area (Å²) in [6, 6.07) is 4.92. The van der Waals surface area contributed by atoms with E-state index in [1.165, 1.54) is 20.0 Å².